The van der Waals surface area contributed by atoms with Gasteiger partial charge in [0.2, 0.25) is 17.9 Å². The van der Waals surface area contributed by atoms with E-state index in [1.165, 1.54) is 0 Å². The molecule has 0 aliphatic heterocycles. The molecular formula is C20H35N3O5. The van der Waals surface area contributed by atoms with Crippen LogP contribution in [0.3, 0.4) is 0 Å². The highest BCUT2D eigenvalue weighted by atomic mass is 16.6. The zero-order chi connectivity index (χ0) is 20.5. The molecule has 0 bridgehead atoms. The summed E-state index contributed by atoms with van der Waals surface area (Å²) in [6.45, 7) is 4.33. The van der Waals surface area contributed by atoms with E-state index in [0.717, 1.165) is 38.5 Å². The first-order valence-electron chi connectivity index (χ1n) is 10.8. The Balaban J connectivity index is 1.83. The normalized spacial score (nSPS) is 30.4. The topological polar surface area (TPSA) is 111 Å². The molecule has 160 valence electrons. The van der Waals surface area contributed by atoms with Crippen molar-refractivity contribution in [3.63, 3.8) is 0 Å². The van der Waals surface area contributed by atoms with E-state index in [-0.39, 0.29) is 41.2 Å². The number of hydrogen-bond donors (Lipinski definition) is 2. The zero-order valence-electron chi connectivity index (χ0n) is 17.2. The van der Waals surface area contributed by atoms with Crippen LogP contribution in [0.5, 0.6) is 0 Å². The average molecular weight is 398 g/mol. The van der Waals surface area contributed by atoms with Crippen LogP contribution in [0.1, 0.15) is 78.1 Å². The minimum absolute atomic E-state index is 0.0244. The van der Waals surface area contributed by atoms with Crippen LogP contribution in [0.15, 0.2) is 0 Å². The van der Waals surface area contributed by atoms with Crippen molar-refractivity contribution < 1.29 is 19.2 Å². The van der Waals surface area contributed by atoms with Gasteiger partial charge in [0.05, 0.1) is 0 Å². The summed E-state index contributed by atoms with van der Waals surface area (Å²) in [5.41, 5.74) is 0. The molecule has 8 nitrogen and oxygen atoms in total. The third-order valence-electron chi connectivity index (χ3n) is 5.92. The van der Waals surface area contributed by atoms with Crippen molar-refractivity contribution in [2.24, 2.45) is 5.92 Å². The van der Waals surface area contributed by atoms with E-state index in [9.17, 15) is 19.7 Å². The lowest BCUT2D eigenvalue weighted by Crippen LogP contribution is -2.49. The van der Waals surface area contributed by atoms with E-state index in [4.69, 9.17) is 4.74 Å². The van der Waals surface area contributed by atoms with E-state index < -0.39 is 12.1 Å². The van der Waals surface area contributed by atoms with Gasteiger partial charge in [0.15, 0.2) is 0 Å². The Morgan fingerprint density at radius 1 is 1.07 bits per heavy atom. The molecule has 0 aromatic rings. The summed E-state index contributed by atoms with van der Waals surface area (Å²) in [5.74, 6) is -0.349. The molecule has 0 aromatic heterocycles. The Hall–Kier alpha value is -1.70. The lowest BCUT2D eigenvalue weighted by atomic mass is 9.82. The molecule has 2 fully saturated rings. The molecule has 0 aromatic carbocycles. The van der Waals surface area contributed by atoms with Gasteiger partial charge in [-0.2, -0.15) is 0 Å². The van der Waals surface area contributed by atoms with Gasteiger partial charge in [-0.15, -0.1) is 0 Å². The van der Waals surface area contributed by atoms with Gasteiger partial charge in [-0.3, -0.25) is 19.7 Å². The summed E-state index contributed by atoms with van der Waals surface area (Å²) < 4.78 is 5.50. The van der Waals surface area contributed by atoms with Crippen LogP contribution in [-0.4, -0.2) is 47.6 Å². The van der Waals surface area contributed by atoms with Crippen LogP contribution in [0.2, 0.25) is 0 Å². The quantitative estimate of drug-likeness (QED) is 0.459. The second-order valence-electron chi connectivity index (χ2n) is 8.10. The Morgan fingerprint density at radius 2 is 1.79 bits per heavy atom. The maximum atomic E-state index is 12.7. The summed E-state index contributed by atoms with van der Waals surface area (Å²) in [6, 6.07) is -0.693. The summed E-state index contributed by atoms with van der Waals surface area (Å²) >= 11 is 0. The molecular weight excluding hydrogens is 362 g/mol. The number of unbranched alkanes of at least 4 members (excludes halogenated alkanes) is 1. The largest absolute Gasteiger partial charge is 0.371 e. The average Bonchev–Trinajstić information content (AvgIpc) is 2.67. The van der Waals surface area contributed by atoms with Crippen molar-refractivity contribution in [3.8, 4) is 0 Å². The van der Waals surface area contributed by atoms with Crippen molar-refractivity contribution >= 4 is 11.8 Å². The SMILES string of the molecule is CCCCC(=O)NC1CCCC(NC(=O)C2CCC(OCC)C([N+](=O)[O-])C2)C1. The summed E-state index contributed by atoms with van der Waals surface area (Å²) in [6.07, 6.45) is 6.93. The zero-order valence-corrected chi connectivity index (χ0v) is 17.2. The standard InChI is InChI=1S/C20H35N3O5/c1-3-5-9-19(24)21-15-7-6-8-16(13-15)22-20(25)14-10-11-18(28-4-2)17(12-14)23(26)27/h14-18H,3-13H2,1-2H3,(H,21,24)(H,22,25). The molecule has 2 amide bonds. The van der Waals surface area contributed by atoms with Crippen LogP contribution < -0.4 is 10.6 Å². The number of nitrogens with one attached hydrogen (secondary N) is 2. The lowest BCUT2D eigenvalue weighted by Gasteiger charge is -2.33. The third-order valence-corrected chi connectivity index (χ3v) is 5.92. The lowest BCUT2D eigenvalue weighted by molar-refractivity contribution is -0.540. The van der Waals surface area contributed by atoms with Crippen LogP contribution in [0.25, 0.3) is 0 Å². The molecule has 28 heavy (non-hydrogen) atoms. The Bertz CT molecular complexity index is 542. The Kier molecular flexibility index (Phi) is 9.15. The van der Waals surface area contributed by atoms with Crippen LogP contribution >= 0.6 is 0 Å². The highest BCUT2D eigenvalue weighted by Crippen LogP contribution is 2.29. The van der Waals surface area contributed by atoms with E-state index in [1.54, 1.807) is 0 Å². The molecule has 5 unspecified atom stereocenters. The van der Waals surface area contributed by atoms with Crippen molar-refractivity contribution in [2.75, 3.05) is 6.61 Å². The number of rotatable bonds is 9. The molecule has 5 atom stereocenters. The maximum Gasteiger partial charge on any atom is 0.239 e. The fourth-order valence-electron chi connectivity index (χ4n) is 4.40. The minimum Gasteiger partial charge on any atom is -0.371 e. The smallest absolute Gasteiger partial charge is 0.239 e. The number of nitrogens with zero attached hydrogens (tertiary/aromatic N) is 1. The fourth-order valence-corrected chi connectivity index (χ4v) is 4.40. The van der Waals surface area contributed by atoms with Gasteiger partial charge in [-0.25, -0.2) is 0 Å². The summed E-state index contributed by atoms with van der Waals surface area (Å²) in [7, 11) is 0. The van der Waals surface area contributed by atoms with Crippen molar-refractivity contribution in [1.29, 1.82) is 0 Å². The fraction of sp³-hybridized carbons (Fsp3) is 0.900. The molecule has 2 aliphatic rings. The van der Waals surface area contributed by atoms with Crippen molar-refractivity contribution in [2.45, 2.75) is 102 Å². The van der Waals surface area contributed by atoms with E-state index in [1.807, 2.05) is 6.92 Å². The minimum atomic E-state index is -0.818. The molecule has 0 spiro atoms. The highest BCUT2D eigenvalue weighted by Gasteiger charge is 2.42. The number of nitro groups is 1. The Morgan fingerprint density at radius 3 is 2.43 bits per heavy atom. The molecule has 2 rings (SSSR count). The Labute approximate surface area is 167 Å². The van der Waals surface area contributed by atoms with Crippen molar-refractivity contribution in [1.82, 2.24) is 10.6 Å². The van der Waals surface area contributed by atoms with Gasteiger partial charge in [0.1, 0.15) is 6.10 Å². The predicted molar refractivity (Wildman–Crippen MR) is 105 cm³/mol. The second kappa shape index (κ2) is 11.3. The number of carbonyl (C=O) groups is 2. The number of ether oxygens (including phenoxy) is 1. The predicted octanol–water partition coefficient (Wildman–Crippen LogP) is 2.57. The van der Waals surface area contributed by atoms with Crippen molar-refractivity contribution in [3.05, 3.63) is 10.1 Å². The summed E-state index contributed by atoms with van der Waals surface area (Å²) in [4.78, 5) is 35.7. The van der Waals surface area contributed by atoms with E-state index in [0.29, 0.717) is 25.9 Å². The molecule has 0 heterocycles. The highest BCUT2D eigenvalue weighted by molar-refractivity contribution is 5.79. The van der Waals surface area contributed by atoms with Gasteiger partial charge in [-0.05, 0) is 51.9 Å². The number of amides is 2. The van der Waals surface area contributed by atoms with Gasteiger partial charge in [-0.1, -0.05) is 13.3 Å². The van der Waals surface area contributed by atoms with E-state index >= 15 is 0 Å². The third kappa shape index (κ3) is 6.72. The second-order valence-corrected chi connectivity index (χ2v) is 8.10. The first kappa shape index (κ1) is 22.6. The van der Waals surface area contributed by atoms with E-state index in [2.05, 4.69) is 17.6 Å². The number of carbonyl (C=O) groups excluding carboxylic acids is 2. The molecule has 2 N–H and O–H groups in total. The molecule has 0 radical (unpaired) electrons. The maximum absolute atomic E-state index is 12.7. The van der Waals surface area contributed by atoms with Crippen LogP contribution in [0, 0.1) is 16.0 Å². The monoisotopic (exact) mass is 397 g/mol. The van der Waals surface area contributed by atoms with Gasteiger partial charge in [0.25, 0.3) is 0 Å². The van der Waals surface area contributed by atoms with Gasteiger partial charge in [0, 0.05) is 42.4 Å². The van der Waals surface area contributed by atoms with Gasteiger partial charge >= 0.3 is 0 Å². The molecule has 2 saturated carbocycles. The summed E-state index contributed by atoms with van der Waals surface area (Å²) in [5, 5.41) is 17.5. The molecule has 2 aliphatic carbocycles. The molecule has 8 heteroatoms. The van der Waals surface area contributed by atoms with Crippen LogP contribution in [0.4, 0.5) is 0 Å². The first-order valence-corrected chi connectivity index (χ1v) is 10.8. The van der Waals surface area contributed by atoms with Crippen LogP contribution in [-0.2, 0) is 14.3 Å². The first-order chi connectivity index (χ1) is 13.4. The molecule has 0 saturated heterocycles. The number of hydrogen-bond acceptors (Lipinski definition) is 5. The van der Waals surface area contributed by atoms with Gasteiger partial charge < -0.3 is 15.4 Å².